The molecule has 32 heavy (non-hydrogen) atoms. The predicted octanol–water partition coefficient (Wildman–Crippen LogP) is 5.60. The van der Waals surface area contributed by atoms with Gasteiger partial charge in [-0.15, -0.1) is 0 Å². The molecule has 0 amide bonds. The molecular formula is C25H44O6Si. The summed E-state index contributed by atoms with van der Waals surface area (Å²) in [5, 5.41) is -0.00183. The molecule has 0 aromatic rings. The SMILES string of the molecule is CCCCC[C@H](/C=C/[C@H]1C(=O)C[C@H](O[Si](C)(C)C(C)(C)C)[C@@H]1CC(=O)OCC)OC(C)=O. The summed E-state index contributed by atoms with van der Waals surface area (Å²) in [6, 6.07) is 0. The summed E-state index contributed by atoms with van der Waals surface area (Å²) in [6.07, 6.45) is 7.21. The van der Waals surface area contributed by atoms with E-state index in [0.29, 0.717) is 13.0 Å². The van der Waals surface area contributed by atoms with Crippen LogP contribution in [0.1, 0.15) is 80.1 Å². The topological polar surface area (TPSA) is 78.9 Å². The third kappa shape index (κ3) is 8.81. The number of rotatable bonds is 12. The van der Waals surface area contributed by atoms with Crippen LogP contribution in [0.5, 0.6) is 0 Å². The van der Waals surface area contributed by atoms with Gasteiger partial charge in [-0.2, -0.15) is 0 Å². The zero-order valence-corrected chi connectivity index (χ0v) is 22.4. The lowest BCUT2D eigenvalue weighted by molar-refractivity contribution is -0.145. The van der Waals surface area contributed by atoms with Crippen LogP contribution in [0, 0.1) is 11.8 Å². The summed E-state index contributed by atoms with van der Waals surface area (Å²) in [7, 11) is -2.13. The minimum atomic E-state index is -2.13. The molecule has 0 saturated heterocycles. The van der Waals surface area contributed by atoms with Crippen molar-refractivity contribution in [2.24, 2.45) is 11.8 Å². The molecule has 1 aliphatic rings. The van der Waals surface area contributed by atoms with Crippen LogP contribution in [0.4, 0.5) is 0 Å². The van der Waals surface area contributed by atoms with Gasteiger partial charge in [0.25, 0.3) is 0 Å². The van der Waals surface area contributed by atoms with E-state index in [4.69, 9.17) is 13.9 Å². The Bertz CT molecular complexity index is 664. The first kappa shape index (κ1) is 28.6. The molecule has 184 valence electrons. The Morgan fingerprint density at radius 3 is 2.38 bits per heavy atom. The third-order valence-electron chi connectivity index (χ3n) is 6.62. The first-order valence-corrected chi connectivity index (χ1v) is 14.9. The minimum absolute atomic E-state index is 0.00183. The Labute approximate surface area is 195 Å². The van der Waals surface area contributed by atoms with Crippen molar-refractivity contribution in [3.05, 3.63) is 12.2 Å². The molecule has 1 aliphatic carbocycles. The molecule has 6 nitrogen and oxygen atoms in total. The monoisotopic (exact) mass is 468 g/mol. The van der Waals surface area contributed by atoms with Crippen LogP contribution in [0.3, 0.4) is 0 Å². The number of carbonyl (C=O) groups excluding carboxylic acids is 3. The number of hydrogen-bond acceptors (Lipinski definition) is 6. The van der Waals surface area contributed by atoms with Gasteiger partial charge in [-0.1, -0.05) is 46.6 Å². The lowest BCUT2D eigenvalue weighted by Crippen LogP contribution is -2.45. The van der Waals surface area contributed by atoms with Crippen molar-refractivity contribution < 1.29 is 28.3 Å². The van der Waals surface area contributed by atoms with Gasteiger partial charge in [0.15, 0.2) is 8.32 Å². The number of unbranched alkanes of at least 4 members (excludes halogenated alkanes) is 2. The third-order valence-corrected chi connectivity index (χ3v) is 11.1. The van der Waals surface area contributed by atoms with E-state index >= 15 is 0 Å². The standard InChI is InChI=1S/C25H44O6Si/c1-9-11-12-13-19(30-18(3)26)14-15-20-21(16-24(28)29-10-2)23(17-22(20)27)31-32(7,8)25(4,5)6/h14-15,19-21,23H,9-13,16-17H2,1-8H3/b15-14+/t19-,20-,21-,23+/m1/s1. The first-order valence-electron chi connectivity index (χ1n) is 12.0. The second kappa shape index (κ2) is 12.7. The lowest BCUT2D eigenvalue weighted by Gasteiger charge is -2.39. The molecule has 1 saturated carbocycles. The highest BCUT2D eigenvalue weighted by molar-refractivity contribution is 6.74. The fourth-order valence-electron chi connectivity index (χ4n) is 3.81. The van der Waals surface area contributed by atoms with Crippen molar-refractivity contribution in [3.8, 4) is 0 Å². The lowest BCUT2D eigenvalue weighted by atomic mass is 9.90. The van der Waals surface area contributed by atoms with Gasteiger partial charge in [0.2, 0.25) is 0 Å². The normalized spacial score (nSPS) is 22.9. The quantitative estimate of drug-likeness (QED) is 0.160. The van der Waals surface area contributed by atoms with Crippen molar-refractivity contribution in [2.75, 3.05) is 6.61 Å². The van der Waals surface area contributed by atoms with E-state index in [1.54, 1.807) is 6.92 Å². The number of esters is 2. The number of ether oxygens (including phenoxy) is 2. The summed E-state index contributed by atoms with van der Waals surface area (Å²) in [4.78, 5) is 36.9. The fraction of sp³-hybridized carbons (Fsp3) is 0.800. The predicted molar refractivity (Wildman–Crippen MR) is 129 cm³/mol. The maximum absolute atomic E-state index is 13.0. The van der Waals surface area contributed by atoms with Crippen LogP contribution >= 0.6 is 0 Å². The highest BCUT2D eigenvalue weighted by atomic mass is 28.4. The van der Waals surface area contributed by atoms with Crippen LogP contribution in [-0.2, 0) is 28.3 Å². The van der Waals surface area contributed by atoms with E-state index < -0.39 is 14.2 Å². The van der Waals surface area contributed by atoms with E-state index in [1.165, 1.54) is 6.92 Å². The highest BCUT2D eigenvalue weighted by Crippen LogP contribution is 2.43. The average Bonchev–Trinajstić information content (AvgIpc) is 2.92. The number of Topliss-reactive ketones (excluding diaryl/α,β-unsaturated/α-hetero) is 1. The molecule has 0 unspecified atom stereocenters. The second-order valence-corrected chi connectivity index (χ2v) is 15.1. The fourth-order valence-corrected chi connectivity index (χ4v) is 5.18. The molecule has 1 fully saturated rings. The van der Waals surface area contributed by atoms with E-state index in [0.717, 1.165) is 25.7 Å². The van der Waals surface area contributed by atoms with Gasteiger partial charge in [-0.25, -0.2) is 0 Å². The van der Waals surface area contributed by atoms with Crippen LogP contribution < -0.4 is 0 Å². The average molecular weight is 469 g/mol. The van der Waals surface area contributed by atoms with Crippen molar-refractivity contribution >= 4 is 26.0 Å². The summed E-state index contributed by atoms with van der Waals surface area (Å²) in [5.41, 5.74) is 0. The molecule has 0 spiro atoms. The molecule has 7 heteroatoms. The van der Waals surface area contributed by atoms with E-state index in [2.05, 4.69) is 40.8 Å². The molecule has 0 bridgehead atoms. The van der Waals surface area contributed by atoms with Crippen LogP contribution in [0.25, 0.3) is 0 Å². The minimum Gasteiger partial charge on any atom is -0.466 e. The van der Waals surface area contributed by atoms with Crippen molar-refractivity contribution in [1.82, 2.24) is 0 Å². The van der Waals surface area contributed by atoms with Gasteiger partial charge in [-0.3, -0.25) is 14.4 Å². The second-order valence-electron chi connectivity index (χ2n) is 10.3. The molecule has 0 N–H and O–H groups in total. The molecule has 1 rings (SSSR count). The Hall–Kier alpha value is -1.47. The van der Waals surface area contributed by atoms with Gasteiger partial charge < -0.3 is 13.9 Å². The maximum atomic E-state index is 13.0. The van der Waals surface area contributed by atoms with Gasteiger partial charge in [-0.05, 0) is 44.0 Å². The van der Waals surface area contributed by atoms with E-state index in [-0.39, 0.29) is 47.3 Å². The van der Waals surface area contributed by atoms with Crippen molar-refractivity contribution in [2.45, 2.75) is 110 Å². The number of ketones is 1. The smallest absolute Gasteiger partial charge is 0.306 e. The van der Waals surface area contributed by atoms with Crippen LogP contribution in [0.2, 0.25) is 18.1 Å². The summed E-state index contributed by atoms with van der Waals surface area (Å²) >= 11 is 0. The Balaban J connectivity index is 3.11. The molecule has 0 aromatic carbocycles. The Kier molecular flexibility index (Phi) is 11.3. The van der Waals surface area contributed by atoms with Crippen molar-refractivity contribution in [3.63, 3.8) is 0 Å². The van der Waals surface area contributed by atoms with Gasteiger partial charge in [0.05, 0.1) is 19.1 Å². The highest BCUT2D eigenvalue weighted by Gasteiger charge is 2.48. The van der Waals surface area contributed by atoms with E-state index in [9.17, 15) is 14.4 Å². The Morgan fingerprint density at radius 1 is 1.19 bits per heavy atom. The zero-order chi connectivity index (χ0) is 24.5. The number of carbonyl (C=O) groups is 3. The summed E-state index contributed by atoms with van der Waals surface area (Å²) in [6.45, 7) is 16.4. The van der Waals surface area contributed by atoms with Gasteiger partial charge >= 0.3 is 11.9 Å². The maximum Gasteiger partial charge on any atom is 0.306 e. The molecule has 0 aromatic heterocycles. The van der Waals surface area contributed by atoms with Crippen LogP contribution in [-0.4, -0.2) is 44.9 Å². The van der Waals surface area contributed by atoms with E-state index in [1.807, 2.05) is 12.2 Å². The molecule has 0 aliphatic heterocycles. The molecule has 0 radical (unpaired) electrons. The first-order chi connectivity index (χ1) is 14.8. The number of hydrogen-bond donors (Lipinski definition) is 0. The number of allylic oxidation sites excluding steroid dienone is 1. The van der Waals surface area contributed by atoms with Gasteiger partial charge in [0, 0.05) is 25.2 Å². The summed E-state index contributed by atoms with van der Waals surface area (Å²) in [5.74, 6) is -1.31. The van der Waals surface area contributed by atoms with Gasteiger partial charge in [0.1, 0.15) is 11.9 Å². The zero-order valence-electron chi connectivity index (χ0n) is 21.4. The molecular weight excluding hydrogens is 424 g/mol. The molecule has 4 atom stereocenters. The molecule has 0 heterocycles. The Morgan fingerprint density at radius 2 is 1.84 bits per heavy atom. The van der Waals surface area contributed by atoms with Crippen LogP contribution in [0.15, 0.2) is 12.2 Å². The summed E-state index contributed by atoms with van der Waals surface area (Å²) < 4.78 is 17.2. The van der Waals surface area contributed by atoms with Crippen molar-refractivity contribution in [1.29, 1.82) is 0 Å². The largest absolute Gasteiger partial charge is 0.466 e.